The summed E-state index contributed by atoms with van der Waals surface area (Å²) in [7, 11) is 0. The lowest BCUT2D eigenvalue weighted by atomic mass is 9.91. The van der Waals surface area contributed by atoms with Crippen LogP contribution in [-0.2, 0) is 68.7 Å². The number of benzene rings is 1. The zero-order chi connectivity index (χ0) is 61.5. The molecule has 0 aliphatic heterocycles. The number of rotatable bonds is 40. The minimum atomic E-state index is -2.47. The molecule has 6 N–H and O–H groups in total. The number of ketones is 3. The summed E-state index contributed by atoms with van der Waals surface area (Å²) in [6.07, 6.45) is -0.278. The zero-order valence-corrected chi connectivity index (χ0v) is 49.4. The van der Waals surface area contributed by atoms with Gasteiger partial charge in [0.1, 0.15) is 29.8 Å². The molecule has 0 heterocycles. The van der Waals surface area contributed by atoms with Gasteiger partial charge >= 0.3 is 12.1 Å². The van der Waals surface area contributed by atoms with Crippen LogP contribution in [0.2, 0.25) is 0 Å². The van der Waals surface area contributed by atoms with Gasteiger partial charge in [-0.2, -0.15) is 11.8 Å². The van der Waals surface area contributed by atoms with Crippen molar-refractivity contribution in [1.29, 1.82) is 0 Å². The number of carbonyl (C=O) groups is 10. The molecule has 23 heteroatoms. The zero-order valence-electron chi connectivity index (χ0n) is 50.8. The van der Waals surface area contributed by atoms with E-state index in [0.717, 1.165) is 11.8 Å². The normalized spacial score (nSPS) is 14.2. The SMILES string of the molecule is [2H]C([2H])([2H])CNC(=O)[C@H](CCCNC(=O)CSC[C@H](NC(C)=O)C(=O)CC(C)C)CC(=O)CSC[C@H](NC(=O)OC(C)(C)C)C(=O)OCc1ccc(OCC(=O)NC(C)COCCOCC(C)CC(=O)C(C)(C)NC(=O)C(C)C)cc1. The molecule has 0 bridgehead atoms. The van der Waals surface area contributed by atoms with Crippen LogP contribution in [0.3, 0.4) is 0 Å². The highest BCUT2D eigenvalue weighted by Crippen LogP contribution is 2.19. The molecule has 0 saturated heterocycles. The summed E-state index contributed by atoms with van der Waals surface area (Å²) >= 11 is 2.18. The molecule has 0 aromatic heterocycles. The lowest BCUT2D eigenvalue weighted by molar-refractivity contribution is -0.147. The van der Waals surface area contributed by atoms with Gasteiger partial charge in [-0.05, 0) is 90.8 Å². The molecule has 78 heavy (non-hydrogen) atoms. The fourth-order valence-electron chi connectivity index (χ4n) is 6.96. The van der Waals surface area contributed by atoms with E-state index in [9.17, 15) is 47.9 Å². The Balaban J connectivity index is 2.71. The largest absolute Gasteiger partial charge is 0.484 e. The molecule has 2 unspecified atom stereocenters. The molecular formula is C55H90N6O15S2. The van der Waals surface area contributed by atoms with Crippen molar-refractivity contribution in [2.45, 2.75) is 158 Å². The Bertz CT molecular complexity index is 2200. The van der Waals surface area contributed by atoms with Crippen molar-refractivity contribution in [2.75, 3.05) is 69.1 Å². The third-order valence-electron chi connectivity index (χ3n) is 11.0. The summed E-state index contributed by atoms with van der Waals surface area (Å²) in [6.45, 7) is 18.3. The Morgan fingerprint density at radius 2 is 1.36 bits per heavy atom. The fraction of sp³-hybridized carbons (Fsp3) is 0.709. The van der Waals surface area contributed by atoms with Crippen LogP contribution in [0.25, 0.3) is 0 Å². The molecule has 442 valence electrons. The molecule has 0 fully saturated rings. The van der Waals surface area contributed by atoms with Crippen molar-refractivity contribution >= 4 is 82.5 Å². The molecule has 0 aliphatic carbocycles. The first kappa shape index (κ1) is 65.3. The van der Waals surface area contributed by atoms with E-state index < -0.39 is 66.3 Å². The second-order valence-electron chi connectivity index (χ2n) is 21.4. The van der Waals surface area contributed by atoms with Crippen molar-refractivity contribution in [3.8, 4) is 5.75 Å². The Morgan fingerprint density at radius 1 is 0.718 bits per heavy atom. The van der Waals surface area contributed by atoms with Crippen molar-refractivity contribution < 1.29 is 75.7 Å². The van der Waals surface area contributed by atoms with Gasteiger partial charge in [0, 0.05) is 79.4 Å². The van der Waals surface area contributed by atoms with Gasteiger partial charge in [0.15, 0.2) is 18.2 Å². The van der Waals surface area contributed by atoms with Gasteiger partial charge in [-0.15, -0.1) is 11.8 Å². The van der Waals surface area contributed by atoms with E-state index in [0.29, 0.717) is 17.9 Å². The van der Waals surface area contributed by atoms with E-state index in [1.54, 1.807) is 79.7 Å². The molecule has 0 aliphatic rings. The minimum Gasteiger partial charge on any atom is -0.484 e. The number of ether oxygens (including phenoxy) is 5. The summed E-state index contributed by atoms with van der Waals surface area (Å²) in [6, 6.07) is 4.09. The summed E-state index contributed by atoms with van der Waals surface area (Å²) in [5.74, 6) is -4.26. The summed E-state index contributed by atoms with van der Waals surface area (Å²) in [4.78, 5) is 127. The summed E-state index contributed by atoms with van der Waals surface area (Å²) in [5.41, 5.74) is -1.33. The first-order valence-electron chi connectivity index (χ1n) is 27.9. The molecule has 0 spiro atoms. The average Bonchev–Trinajstić information content (AvgIpc) is 3.34. The standard InChI is InChI=1S/C55H90N6O15S2/c1-14-56-51(69)41(16-15-21-57-49(67)34-78-32-44(59-39(8)62)46(64)24-35(2)3)26-42(63)31-77-33-45(60-53(71)76-54(9,10)11)52(70)75-29-40-17-19-43(20-18-40)74-30-48(66)58-38(7)28-73-23-22-72-27-37(6)25-47(65)55(12,13)61-50(68)36(4)5/h17-20,35-38,41,44-45H,14-16,21-34H2,1-13H3,(H,56,69)(H,57,67)(H,58,66)(H,59,62)(H,60,71)(H,61,68)/t37?,38?,41-,44+,45+/m1/s1/i1D3. The Hall–Kier alpha value is -5.26. The Labute approximate surface area is 474 Å². The average molecular weight is 1140 g/mol. The number of hydrogen-bond donors (Lipinski definition) is 6. The van der Waals surface area contributed by atoms with Crippen LogP contribution in [0.5, 0.6) is 5.75 Å². The predicted octanol–water partition coefficient (Wildman–Crippen LogP) is 4.88. The van der Waals surface area contributed by atoms with Gasteiger partial charge in [0.2, 0.25) is 23.6 Å². The molecule has 6 amide bonds. The molecular weight excluding hydrogens is 1050 g/mol. The van der Waals surface area contributed by atoms with Gasteiger partial charge in [0.05, 0.1) is 42.9 Å². The summed E-state index contributed by atoms with van der Waals surface area (Å²) in [5, 5.41) is 15.8. The van der Waals surface area contributed by atoms with Crippen LogP contribution in [0, 0.1) is 23.7 Å². The smallest absolute Gasteiger partial charge is 0.408 e. The highest BCUT2D eigenvalue weighted by atomic mass is 32.2. The van der Waals surface area contributed by atoms with E-state index in [4.69, 9.17) is 27.8 Å². The lowest BCUT2D eigenvalue weighted by Gasteiger charge is -2.27. The topological polar surface area (TPSA) is 289 Å². The molecule has 21 nitrogen and oxygen atoms in total. The molecule has 5 atom stereocenters. The maximum absolute atomic E-state index is 13.4. The second kappa shape index (κ2) is 37.6. The highest BCUT2D eigenvalue weighted by Gasteiger charge is 2.31. The monoisotopic (exact) mass is 1140 g/mol. The first-order chi connectivity index (χ1) is 37.7. The summed E-state index contributed by atoms with van der Waals surface area (Å²) < 4.78 is 50.3. The first-order valence-corrected chi connectivity index (χ1v) is 28.7. The lowest BCUT2D eigenvalue weighted by Crippen LogP contribution is -2.51. The van der Waals surface area contributed by atoms with Gasteiger partial charge in [0.25, 0.3) is 5.91 Å². The number of amides is 6. The number of carbonyl (C=O) groups excluding carboxylic acids is 10. The van der Waals surface area contributed by atoms with E-state index in [1.807, 2.05) is 20.8 Å². The number of Topliss-reactive ketones (excluding diaryl/α,β-unsaturated/α-hetero) is 3. The van der Waals surface area contributed by atoms with Gasteiger partial charge in [-0.25, -0.2) is 9.59 Å². The Morgan fingerprint density at radius 3 is 1.97 bits per heavy atom. The van der Waals surface area contributed by atoms with Gasteiger partial charge in [-0.1, -0.05) is 46.8 Å². The van der Waals surface area contributed by atoms with Crippen LogP contribution in [-0.4, -0.2) is 157 Å². The van der Waals surface area contributed by atoms with Gasteiger partial charge in [-0.3, -0.25) is 38.4 Å². The second-order valence-corrected chi connectivity index (χ2v) is 23.4. The third kappa shape index (κ3) is 33.2. The number of thioether (sulfide) groups is 2. The molecule has 0 radical (unpaired) electrons. The number of alkyl carbamates (subject to hydrolysis) is 1. The van der Waals surface area contributed by atoms with E-state index >= 15 is 0 Å². The van der Waals surface area contributed by atoms with Crippen LogP contribution < -0.4 is 36.6 Å². The van der Waals surface area contributed by atoms with Crippen molar-refractivity contribution in [2.24, 2.45) is 23.7 Å². The molecule has 1 aromatic rings. The maximum atomic E-state index is 13.4. The van der Waals surface area contributed by atoms with Crippen molar-refractivity contribution in [3.63, 3.8) is 0 Å². The van der Waals surface area contributed by atoms with Crippen LogP contribution >= 0.6 is 23.5 Å². The van der Waals surface area contributed by atoms with Crippen LogP contribution in [0.15, 0.2) is 24.3 Å². The van der Waals surface area contributed by atoms with E-state index in [2.05, 4.69) is 31.9 Å². The maximum Gasteiger partial charge on any atom is 0.408 e. The quantitative estimate of drug-likeness (QED) is 0.0377. The Kier molecular flexibility index (Phi) is 31.4. The van der Waals surface area contributed by atoms with Gasteiger partial charge < -0.3 is 55.6 Å². The van der Waals surface area contributed by atoms with Crippen LogP contribution in [0.1, 0.15) is 132 Å². The van der Waals surface area contributed by atoms with E-state index in [-0.39, 0.29) is 154 Å². The van der Waals surface area contributed by atoms with Crippen LogP contribution in [0.4, 0.5) is 4.79 Å². The molecule has 1 rings (SSSR count). The fourth-order valence-corrected chi connectivity index (χ4v) is 8.79. The van der Waals surface area contributed by atoms with Crippen molar-refractivity contribution in [3.05, 3.63) is 29.8 Å². The number of hydrogen-bond acceptors (Lipinski definition) is 17. The third-order valence-corrected chi connectivity index (χ3v) is 13.1. The molecule has 0 saturated carbocycles. The van der Waals surface area contributed by atoms with E-state index in [1.165, 1.54) is 18.7 Å². The molecule has 1 aromatic carbocycles. The minimum absolute atomic E-state index is 0.00307. The predicted molar refractivity (Wildman–Crippen MR) is 301 cm³/mol. The number of nitrogens with one attached hydrogen (secondary N) is 6. The highest BCUT2D eigenvalue weighted by molar-refractivity contribution is 8.00. The number of esters is 1. The van der Waals surface area contributed by atoms with Crippen molar-refractivity contribution in [1.82, 2.24) is 31.9 Å².